The highest BCUT2D eigenvalue weighted by Crippen LogP contribution is 2.41. The van der Waals surface area contributed by atoms with Gasteiger partial charge >= 0.3 is 5.97 Å². The van der Waals surface area contributed by atoms with Gasteiger partial charge in [-0.3, -0.25) is 15.1 Å². The van der Waals surface area contributed by atoms with Crippen LogP contribution in [-0.2, 0) is 31.0 Å². The number of carboxylic acid groups (broad SMARTS) is 1. The number of carboxylic acids is 1. The third-order valence-electron chi connectivity index (χ3n) is 9.79. The van der Waals surface area contributed by atoms with E-state index in [4.69, 9.17) is 21.1 Å². The molecule has 0 bridgehead atoms. The van der Waals surface area contributed by atoms with Gasteiger partial charge in [0.15, 0.2) is 0 Å². The van der Waals surface area contributed by atoms with Crippen molar-refractivity contribution in [3.63, 3.8) is 0 Å². The van der Waals surface area contributed by atoms with Crippen molar-refractivity contribution in [2.24, 2.45) is 0 Å². The lowest BCUT2D eigenvalue weighted by atomic mass is 9.96. The Morgan fingerprint density at radius 2 is 1.79 bits per heavy atom. The Kier molecular flexibility index (Phi) is 13.2. The number of hydrogen-bond acceptors (Lipinski definition) is 10. The van der Waals surface area contributed by atoms with Crippen molar-refractivity contribution in [3.8, 4) is 28.7 Å². The number of nitrogens with zero attached hydrogens (tertiary/aromatic N) is 4. The van der Waals surface area contributed by atoms with Crippen LogP contribution in [-0.4, -0.2) is 82.6 Å². The number of aliphatic hydroxyl groups is 2. The van der Waals surface area contributed by atoms with Crippen molar-refractivity contribution in [3.05, 3.63) is 104 Å². The Morgan fingerprint density at radius 1 is 1.02 bits per heavy atom. The minimum atomic E-state index is -1.18. The van der Waals surface area contributed by atoms with Crippen molar-refractivity contribution in [1.29, 1.82) is 5.26 Å². The molecule has 0 aliphatic carbocycles. The zero-order valence-corrected chi connectivity index (χ0v) is 31.7. The molecule has 4 aromatic rings. The average molecular weight is 805 g/mol. The number of benzene rings is 3. The van der Waals surface area contributed by atoms with Gasteiger partial charge < -0.3 is 34.6 Å². The number of aromatic nitrogens is 1. The SMILES string of the molecule is N#Cc1cncc(COc2cc(OCc3cccc(-c4cccc5c4CCN5CCCN4CCC(O)CC4)c3Br)c(Cl)cc2CNC(CO)C(=O)O)c1. The summed E-state index contributed by atoms with van der Waals surface area (Å²) in [7, 11) is 0. The first-order valence-electron chi connectivity index (χ1n) is 17.8. The molecule has 6 rings (SSSR count). The lowest BCUT2D eigenvalue weighted by molar-refractivity contribution is -0.140. The number of rotatable bonds is 16. The van der Waals surface area contributed by atoms with Gasteiger partial charge in [0, 0.05) is 78.0 Å². The molecule has 53 heavy (non-hydrogen) atoms. The fourth-order valence-corrected chi connectivity index (χ4v) is 7.71. The van der Waals surface area contributed by atoms with Crippen molar-refractivity contribution < 1.29 is 29.6 Å². The van der Waals surface area contributed by atoms with E-state index in [1.807, 2.05) is 12.1 Å². The summed E-state index contributed by atoms with van der Waals surface area (Å²) in [5.74, 6) is -0.411. The second-order valence-electron chi connectivity index (χ2n) is 13.4. The number of nitriles is 1. The molecule has 0 saturated carbocycles. The molecule has 13 heteroatoms. The molecule has 2 aliphatic rings. The summed E-state index contributed by atoms with van der Waals surface area (Å²) >= 11 is 10.6. The first kappa shape index (κ1) is 38.5. The van der Waals surface area contributed by atoms with Crippen molar-refractivity contribution in [2.75, 3.05) is 44.2 Å². The molecule has 1 unspecified atom stereocenters. The molecule has 1 atom stereocenters. The molecule has 1 fully saturated rings. The average Bonchev–Trinajstić information content (AvgIpc) is 3.58. The Balaban J connectivity index is 1.17. The molecule has 2 aliphatic heterocycles. The van der Waals surface area contributed by atoms with E-state index in [9.17, 15) is 25.4 Å². The largest absolute Gasteiger partial charge is 0.488 e. The van der Waals surface area contributed by atoms with Crippen LogP contribution in [0.5, 0.6) is 11.5 Å². The molecule has 3 heterocycles. The van der Waals surface area contributed by atoms with Crippen LogP contribution in [0.3, 0.4) is 0 Å². The molecule has 0 amide bonds. The Hall–Kier alpha value is -4.22. The Labute approximate surface area is 322 Å². The van der Waals surface area contributed by atoms with E-state index in [1.54, 1.807) is 24.4 Å². The minimum Gasteiger partial charge on any atom is -0.488 e. The van der Waals surface area contributed by atoms with Gasteiger partial charge in [0.1, 0.15) is 36.8 Å². The van der Waals surface area contributed by atoms with Gasteiger partial charge in [0.25, 0.3) is 0 Å². The highest BCUT2D eigenvalue weighted by Gasteiger charge is 2.24. The van der Waals surface area contributed by atoms with Gasteiger partial charge in [-0.1, -0.05) is 41.9 Å². The highest BCUT2D eigenvalue weighted by atomic mass is 79.9. The molecule has 4 N–H and O–H groups in total. The van der Waals surface area contributed by atoms with Crippen molar-refractivity contribution >= 4 is 39.2 Å². The van der Waals surface area contributed by atoms with Crippen molar-refractivity contribution in [1.82, 2.24) is 15.2 Å². The smallest absolute Gasteiger partial charge is 0.323 e. The summed E-state index contributed by atoms with van der Waals surface area (Å²) in [6.45, 7) is 4.73. The molecule has 0 radical (unpaired) electrons. The Morgan fingerprint density at radius 3 is 2.57 bits per heavy atom. The third-order valence-corrected chi connectivity index (χ3v) is 11.0. The standard InChI is InChI=1S/C40H43BrClN5O6/c41-39-28(4-1-6-33(39)31-5-2-7-36-32(31)10-15-47(36)12-3-11-46-13-8-30(49)9-14-46)25-53-38-18-37(52-24-27-16-26(19-43)20-44-21-27)29(17-34(38)42)22-45-35(23-48)40(50)51/h1-2,4-7,16-18,20-21,30,35,45,48-49H,3,8-15,22-25H2,(H,50,51). The molecular weight excluding hydrogens is 762 g/mol. The molecule has 0 spiro atoms. The summed E-state index contributed by atoms with van der Waals surface area (Å²) in [6.07, 6.45) is 6.70. The fraction of sp³-hybridized carbons (Fsp3) is 0.375. The van der Waals surface area contributed by atoms with Gasteiger partial charge in [-0.15, -0.1) is 0 Å². The van der Waals surface area contributed by atoms with E-state index >= 15 is 0 Å². The van der Waals surface area contributed by atoms with Gasteiger partial charge in [0.2, 0.25) is 0 Å². The van der Waals surface area contributed by atoms with Crippen LogP contribution in [0, 0.1) is 11.3 Å². The van der Waals surface area contributed by atoms with E-state index in [-0.39, 0.29) is 25.9 Å². The fourth-order valence-electron chi connectivity index (χ4n) is 6.88. The number of aliphatic hydroxyl groups excluding tert-OH is 2. The Bertz CT molecular complexity index is 1950. The second-order valence-corrected chi connectivity index (χ2v) is 14.6. The lowest BCUT2D eigenvalue weighted by Gasteiger charge is -2.30. The zero-order valence-electron chi connectivity index (χ0n) is 29.3. The number of aliphatic carboxylic acids is 1. The maximum absolute atomic E-state index is 11.5. The van der Waals surface area contributed by atoms with Crippen LogP contribution in [0.25, 0.3) is 11.1 Å². The number of ether oxygens (including phenoxy) is 2. The maximum atomic E-state index is 11.5. The molecule has 3 aromatic carbocycles. The molecular formula is C40H43BrClN5O6. The topological polar surface area (TPSA) is 151 Å². The van der Waals surface area contributed by atoms with E-state index < -0.39 is 18.6 Å². The number of nitrogens with one attached hydrogen (secondary N) is 1. The predicted molar refractivity (Wildman–Crippen MR) is 206 cm³/mol. The van der Waals surface area contributed by atoms with Crippen LogP contribution in [0.2, 0.25) is 5.02 Å². The number of piperidine rings is 1. The molecule has 1 aromatic heterocycles. The minimum absolute atomic E-state index is 0.0548. The van der Waals surface area contributed by atoms with Gasteiger partial charge in [-0.25, -0.2) is 0 Å². The third kappa shape index (κ3) is 9.67. The van der Waals surface area contributed by atoms with E-state index in [2.05, 4.69) is 66.4 Å². The first-order valence-corrected chi connectivity index (χ1v) is 18.9. The lowest BCUT2D eigenvalue weighted by Crippen LogP contribution is -2.39. The maximum Gasteiger partial charge on any atom is 0.323 e. The number of halogens is 2. The van der Waals surface area contributed by atoms with Crippen LogP contribution in [0.1, 0.15) is 47.1 Å². The van der Waals surface area contributed by atoms with E-state index in [0.717, 1.165) is 74.0 Å². The molecule has 11 nitrogen and oxygen atoms in total. The van der Waals surface area contributed by atoms with Gasteiger partial charge in [-0.2, -0.15) is 5.26 Å². The van der Waals surface area contributed by atoms with Gasteiger partial charge in [-0.05, 0) is 83.0 Å². The number of fused-ring (bicyclic) bond motifs is 1. The van der Waals surface area contributed by atoms with Crippen LogP contribution in [0.15, 0.2) is 71.5 Å². The zero-order chi connectivity index (χ0) is 37.3. The summed E-state index contributed by atoms with van der Waals surface area (Å²) in [6, 6.07) is 18.5. The number of likely N-dealkylation sites (tertiary alicyclic amines) is 1. The summed E-state index contributed by atoms with van der Waals surface area (Å²) < 4.78 is 13.4. The highest BCUT2D eigenvalue weighted by molar-refractivity contribution is 9.10. The predicted octanol–water partition coefficient (Wildman–Crippen LogP) is 5.94. The number of hydrogen-bond donors (Lipinski definition) is 4. The number of anilines is 1. The quantitative estimate of drug-likeness (QED) is 0.107. The van der Waals surface area contributed by atoms with Gasteiger partial charge in [0.05, 0.1) is 23.3 Å². The summed E-state index contributed by atoms with van der Waals surface area (Å²) in [4.78, 5) is 20.6. The monoisotopic (exact) mass is 803 g/mol. The van der Waals surface area contributed by atoms with Crippen LogP contribution >= 0.6 is 27.5 Å². The van der Waals surface area contributed by atoms with E-state index in [0.29, 0.717) is 33.2 Å². The number of carbonyl (C=O) groups is 1. The molecule has 1 saturated heterocycles. The number of pyridine rings is 1. The summed E-state index contributed by atoms with van der Waals surface area (Å²) in [5, 5.41) is 41.1. The summed E-state index contributed by atoms with van der Waals surface area (Å²) in [5.41, 5.74) is 7.45. The van der Waals surface area contributed by atoms with Crippen LogP contribution in [0.4, 0.5) is 5.69 Å². The van der Waals surface area contributed by atoms with Crippen LogP contribution < -0.4 is 19.7 Å². The van der Waals surface area contributed by atoms with Crippen molar-refractivity contribution in [2.45, 2.75) is 57.6 Å². The van der Waals surface area contributed by atoms with E-state index in [1.165, 1.54) is 23.0 Å². The second kappa shape index (κ2) is 18.2. The first-order chi connectivity index (χ1) is 25.7. The normalized spacial score (nSPS) is 15.2. The molecule has 278 valence electrons.